The van der Waals surface area contributed by atoms with Crippen LogP contribution in [-0.4, -0.2) is 48.1 Å². The third-order valence-corrected chi connectivity index (χ3v) is 3.45. The molecule has 0 unspecified atom stereocenters. The molecule has 0 radical (unpaired) electrons. The van der Waals surface area contributed by atoms with Crippen LogP contribution in [0.4, 0.5) is 0 Å². The first kappa shape index (κ1) is 16.6. The van der Waals surface area contributed by atoms with Gasteiger partial charge in [-0.1, -0.05) is 0 Å². The predicted octanol–water partition coefficient (Wildman–Crippen LogP) is 1.70. The molecule has 0 bridgehead atoms. The van der Waals surface area contributed by atoms with Crippen LogP contribution in [0.15, 0.2) is 5.38 Å². The standard InChI is InChI=1S/C13H20N2O4S/c1-13(2,3)15(11(16)7-18-4)6-10-14-9(8-20-10)12(17)19-5/h8H,6-7H2,1-5H3. The van der Waals surface area contributed by atoms with Gasteiger partial charge in [0.2, 0.25) is 5.91 Å². The van der Waals surface area contributed by atoms with Crippen LogP contribution in [0.1, 0.15) is 36.3 Å². The highest BCUT2D eigenvalue weighted by Crippen LogP contribution is 2.20. The molecular weight excluding hydrogens is 280 g/mol. The predicted molar refractivity (Wildman–Crippen MR) is 75.6 cm³/mol. The number of amides is 1. The fourth-order valence-corrected chi connectivity index (χ4v) is 2.37. The molecule has 1 heterocycles. The highest BCUT2D eigenvalue weighted by Gasteiger charge is 2.27. The minimum Gasteiger partial charge on any atom is -0.464 e. The van der Waals surface area contributed by atoms with E-state index >= 15 is 0 Å². The van der Waals surface area contributed by atoms with Crippen molar-refractivity contribution in [2.75, 3.05) is 20.8 Å². The summed E-state index contributed by atoms with van der Waals surface area (Å²) >= 11 is 1.33. The second kappa shape index (κ2) is 6.81. The summed E-state index contributed by atoms with van der Waals surface area (Å²) in [7, 11) is 2.79. The Labute approximate surface area is 122 Å². The van der Waals surface area contributed by atoms with Crippen molar-refractivity contribution in [3.8, 4) is 0 Å². The lowest BCUT2D eigenvalue weighted by molar-refractivity contribution is -0.140. The molecule has 0 fully saturated rings. The van der Waals surface area contributed by atoms with Gasteiger partial charge in [-0.25, -0.2) is 9.78 Å². The Morgan fingerprint density at radius 3 is 2.50 bits per heavy atom. The van der Waals surface area contributed by atoms with Crippen molar-refractivity contribution in [1.29, 1.82) is 0 Å². The zero-order chi connectivity index (χ0) is 15.3. The Morgan fingerprint density at radius 1 is 1.35 bits per heavy atom. The Bertz CT molecular complexity index is 479. The van der Waals surface area contributed by atoms with E-state index in [4.69, 9.17) is 4.74 Å². The van der Waals surface area contributed by atoms with Gasteiger partial charge in [0.1, 0.15) is 11.6 Å². The Kier molecular flexibility index (Phi) is 5.64. The molecule has 7 heteroatoms. The van der Waals surface area contributed by atoms with Crippen LogP contribution in [0.3, 0.4) is 0 Å². The van der Waals surface area contributed by atoms with E-state index in [0.717, 1.165) is 0 Å². The lowest BCUT2D eigenvalue weighted by Gasteiger charge is -2.35. The summed E-state index contributed by atoms with van der Waals surface area (Å²) in [5.41, 5.74) is -0.0901. The molecule has 0 N–H and O–H groups in total. The van der Waals surface area contributed by atoms with Crippen molar-refractivity contribution in [3.63, 3.8) is 0 Å². The highest BCUT2D eigenvalue weighted by molar-refractivity contribution is 7.09. The van der Waals surface area contributed by atoms with Crippen molar-refractivity contribution < 1.29 is 19.1 Å². The smallest absolute Gasteiger partial charge is 0.357 e. The fourth-order valence-electron chi connectivity index (χ4n) is 1.62. The number of hydrogen-bond donors (Lipinski definition) is 0. The van der Waals surface area contributed by atoms with Crippen LogP contribution in [0.25, 0.3) is 0 Å². The maximum absolute atomic E-state index is 12.1. The highest BCUT2D eigenvalue weighted by atomic mass is 32.1. The number of hydrogen-bond acceptors (Lipinski definition) is 6. The third-order valence-electron chi connectivity index (χ3n) is 2.62. The van der Waals surface area contributed by atoms with Crippen molar-refractivity contribution in [3.05, 3.63) is 16.1 Å². The van der Waals surface area contributed by atoms with Gasteiger partial charge in [-0.2, -0.15) is 0 Å². The number of ether oxygens (including phenoxy) is 2. The zero-order valence-electron chi connectivity index (χ0n) is 12.4. The summed E-state index contributed by atoms with van der Waals surface area (Å²) in [6.45, 7) is 6.18. The van der Waals surface area contributed by atoms with Crippen LogP contribution in [0.5, 0.6) is 0 Å². The van der Waals surface area contributed by atoms with E-state index in [-0.39, 0.29) is 23.7 Å². The first-order chi connectivity index (χ1) is 9.29. The Hall–Kier alpha value is -1.47. The Morgan fingerprint density at radius 2 is 2.00 bits per heavy atom. The second-order valence-corrected chi connectivity index (χ2v) is 6.14. The number of esters is 1. The van der Waals surface area contributed by atoms with E-state index in [1.807, 2.05) is 20.8 Å². The molecule has 1 amide bonds. The van der Waals surface area contributed by atoms with Crippen molar-refractivity contribution in [2.24, 2.45) is 0 Å². The third kappa shape index (κ3) is 4.28. The molecule has 0 atom stereocenters. The molecule has 0 spiro atoms. The van der Waals surface area contributed by atoms with Crippen molar-refractivity contribution in [2.45, 2.75) is 32.9 Å². The molecule has 0 aliphatic rings. The molecule has 1 aromatic rings. The molecule has 0 aliphatic carbocycles. The first-order valence-corrected chi connectivity index (χ1v) is 6.99. The van der Waals surface area contributed by atoms with Crippen molar-refractivity contribution in [1.82, 2.24) is 9.88 Å². The van der Waals surface area contributed by atoms with E-state index in [1.54, 1.807) is 10.3 Å². The number of aromatic nitrogens is 1. The quantitative estimate of drug-likeness (QED) is 0.774. The van der Waals surface area contributed by atoms with E-state index in [9.17, 15) is 9.59 Å². The summed E-state index contributed by atoms with van der Waals surface area (Å²) in [5, 5.41) is 2.31. The van der Waals surface area contributed by atoms with Crippen LogP contribution in [0.2, 0.25) is 0 Å². The molecule has 1 rings (SSSR count). The summed E-state index contributed by atoms with van der Waals surface area (Å²) in [4.78, 5) is 29.3. The molecule has 0 aliphatic heterocycles. The normalized spacial score (nSPS) is 11.2. The van der Waals surface area contributed by atoms with Crippen LogP contribution in [-0.2, 0) is 20.8 Å². The van der Waals surface area contributed by atoms with Gasteiger partial charge in [-0.05, 0) is 20.8 Å². The van der Waals surface area contributed by atoms with Crippen LogP contribution >= 0.6 is 11.3 Å². The number of thiazole rings is 1. The van der Waals surface area contributed by atoms with E-state index in [0.29, 0.717) is 11.6 Å². The SMILES string of the molecule is COCC(=O)N(Cc1nc(C(=O)OC)cs1)C(C)(C)C. The van der Waals surface area contributed by atoms with Gasteiger partial charge >= 0.3 is 5.97 Å². The molecule has 112 valence electrons. The summed E-state index contributed by atoms with van der Waals surface area (Å²) in [5.74, 6) is -0.590. The summed E-state index contributed by atoms with van der Waals surface area (Å²) in [6.07, 6.45) is 0. The molecule has 6 nitrogen and oxygen atoms in total. The molecule has 0 aromatic carbocycles. The molecule has 1 aromatic heterocycles. The number of methoxy groups -OCH3 is 2. The minimum absolute atomic E-state index is 0.0203. The molecule has 0 saturated carbocycles. The topological polar surface area (TPSA) is 68.7 Å². The minimum atomic E-state index is -0.474. The first-order valence-electron chi connectivity index (χ1n) is 6.11. The van der Waals surface area contributed by atoms with Gasteiger partial charge in [-0.15, -0.1) is 11.3 Å². The maximum Gasteiger partial charge on any atom is 0.357 e. The molecule has 0 saturated heterocycles. The van der Waals surface area contributed by atoms with Gasteiger partial charge in [0, 0.05) is 18.0 Å². The zero-order valence-corrected chi connectivity index (χ0v) is 13.2. The van der Waals surface area contributed by atoms with Gasteiger partial charge in [0.15, 0.2) is 5.69 Å². The fraction of sp³-hybridized carbons (Fsp3) is 0.615. The van der Waals surface area contributed by atoms with E-state index < -0.39 is 5.97 Å². The molecular formula is C13H20N2O4S. The van der Waals surface area contributed by atoms with E-state index in [1.165, 1.54) is 25.6 Å². The number of nitrogens with zero attached hydrogens (tertiary/aromatic N) is 2. The van der Waals surface area contributed by atoms with Crippen LogP contribution < -0.4 is 0 Å². The number of carbonyl (C=O) groups is 2. The van der Waals surface area contributed by atoms with Gasteiger partial charge in [0.25, 0.3) is 0 Å². The molecule has 20 heavy (non-hydrogen) atoms. The van der Waals surface area contributed by atoms with Crippen LogP contribution in [0, 0.1) is 0 Å². The largest absolute Gasteiger partial charge is 0.464 e. The number of carbonyl (C=O) groups excluding carboxylic acids is 2. The lowest BCUT2D eigenvalue weighted by Crippen LogP contribution is -2.46. The number of rotatable bonds is 5. The summed E-state index contributed by atoms with van der Waals surface area (Å²) in [6, 6.07) is 0. The van der Waals surface area contributed by atoms with Gasteiger partial charge < -0.3 is 14.4 Å². The van der Waals surface area contributed by atoms with Gasteiger partial charge in [0.05, 0.1) is 13.7 Å². The lowest BCUT2D eigenvalue weighted by atomic mass is 10.1. The van der Waals surface area contributed by atoms with Gasteiger partial charge in [-0.3, -0.25) is 4.79 Å². The Balaban J connectivity index is 2.87. The average Bonchev–Trinajstić information content (AvgIpc) is 2.82. The maximum atomic E-state index is 12.1. The average molecular weight is 300 g/mol. The summed E-state index contributed by atoms with van der Waals surface area (Å²) < 4.78 is 9.51. The second-order valence-electron chi connectivity index (χ2n) is 5.20. The monoisotopic (exact) mass is 300 g/mol. The van der Waals surface area contributed by atoms with Crippen molar-refractivity contribution >= 4 is 23.2 Å². The van der Waals surface area contributed by atoms with E-state index in [2.05, 4.69) is 9.72 Å².